The van der Waals surface area contributed by atoms with E-state index < -0.39 is 11.9 Å². The van der Waals surface area contributed by atoms with Gasteiger partial charge in [0.25, 0.3) is 0 Å². The van der Waals surface area contributed by atoms with E-state index in [2.05, 4.69) is 10.6 Å². The molecule has 0 saturated carbocycles. The van der Waals surface area contributed by atoms with Crippen molar-refractivity contribution in [1.82, 2.24) is 15.5 Å². The van der Waals surface area contributed by atoms with E-state index in [1.807, 2.05) is 0 Å². The predicted octanol–water partition coefficient (Wildman–Crippen LogP) is -1.08. The minimum absolute atomic E-state index is 0.0173. The number of amides is 4. The predicted molar refractivity (Wildman–Crippen MR) is 64.7 cm³/mol. The van der Waals surface area contributed by atoms with Gasteiger partial charge in [0.1, 0.15) is 6.04 Å². The lowest BCUT2D eigenvalue weighted by Crippen LogP contribution is -2.54. The van der Waals surface area contributed by atoms with Crippen molar-refractivity contribution in [3.63, 3.8) is 0 Å². The number of hydrogen-bond donors (Lipinski definition) is 2. The Morgan fingerprint density at radius 2 is 2.05 bits per heavy atom. The summed E-state index contributed by atoms with van der Waals surface area (Å²) in [6, 6.07) is -0.676. The van der Waals surface area contributed by atoms with Crippen LogP contribution in [0.3, 0.4) is 0 Å². The third-order valence-electron chi connectivity index (χ3n) is 3.33. The number of nitrogens with zero attached hydrogens (tertiary/aromatic N) is 1. The van der Waals surface area contributed by atoms with Crippen LogP contribution < -0.4 is 10.6 Å². The molecule has 104 valence electrons. The molecule has 0 spiro atoms. The van der Waals surface area contributed by atoms with Crippen LogP contribution in [-0.4, -0.2) is 47.7 Å². The van der Waals surface area contributed by atoms with Crippen molar-refractivity contribution in [3.05, 3.63) is 0 Å². The first kappa shape index (κ1) is 13.5. The Bertz CT molecular complexity index is 421. The first-order valence-corrected chi connectivity index (χ1v) is 6.47. The van der Waals surface area contributed by atoms with Gasteiger partial charge >= 0.3 is 0 Å². The topological polar surface area (TPSA) is 95.6 Å². The summed E-state index contributed by atoms with van der Waals surface area (Å²) in [5, 5.41) is 4.73. The molecule has 2 heterocycles. The van der Waals surface area contributed by atoms with E-state index in [0.29, 0.717) is 19.4 Å². The average Bonchev–Trinajstić information content (AvgIpc) is 2.36. The Morgan fingerprint density at radius 1 is 1.26 bits per heavy atom. The second kappa shape index (κ2) is 5.81. The molecule has 4 amide bonds. The molecule has 2 N–H and O–H groups in total. The van der Waals surface area contributed by atoms with Crippen molar-refractivity contribution in [2.75, 3.05) is 13.1 Å². The fourth-order valence-electron chi connectivity index (χ4n) is 2.27. The third-order valence-corrected chi connectivity index (χ3v) is 3.33. The summed E-state index contributed by atoms with van der Waals surface area (Å²) in [6.07, 6.45) is 2.77. The zero-order chi connectivity index (χ0) is 13.8. The molecule has 0 bridgehead atoms. The lowest BCUT2D eigenvalue weighted by atomic mass is 10.1. The van der Waals surface area contributed by atoms with E-state index in [9.17, 15) is 19.2 Å². The monoisotopic (exact) mass is 267 g/mol. The SMILES string of the molecule is O=C1CCC(NC(=O)CN2CCCCC2=O)C(=O)N1. The Hall–Kier alpha value is -1.92. The standard InChI is InChI=1S/C12H17N3O4/c16-9-5-4-8(12(19)14-9)13-10(17)7-15-6-2-1-3-11(15)18/h8H,1-7H2,(H,13,17)(H,14,16,19). The van der Waals surface area contributed by atoms with Gasteiger partial charge in [-0.3, -0.25) is 24.5 Å². The van der Waals surface area contributed by atoms with Gasteiger partial charge in [0.15, 0.2) is 0 Å². The van der Waals surface area contributed by atoms with Gasteiger partial charge in [-0.1, -0.05) is 0 Å². The lowest BCUT2D eigenvalue weighted by Gasteiger charge is -2.27. The molecule has 0 aliphatic carbocycles. The number of likely N-dealkylation sites (tertiary alicyclic amines) is 1. The van der Waals surface area contributed by atoms with E-state index in [0.717, 1.165) is 12.8 Å². The van der Waals surface area contributed by atoms with Crippen LogP contribution in [0.15, 0.2) is 0 Å². The maximum atomic E-state index is 11.8. The number of nitrogens with one attached hydrogen (secondary N) is 2. The van der Waals surface area contributed by atoms with Gasteiger partial charge in [-0.25, -0.2) is 0 Å². The molecule has 2 rings (SSSR count). The summed E-state index contributed by atoms with van der Waals surface area (Å²) in [6.45, 7) is 0.568. The van der Waals surface area contributed by atoms with E-state index in [1.165, 1.54) is 4.90 Å². The van der Waals surface area contributed by atoms with Gasteiger partial charge < -0.3 is 10.2 Å². The van der Waals surface area contributed by atoms with E-state index in [4.69, 9.17) is 0 Å². The number of rotatable bonds is 3. The molecule has 0 aromatic rings. The molecule has 2 aliphatic heterocycles. The molecule has 1 unspecified atom stereocenters. The molecule has 7 nitrogen and oxygen atoms in total. The van der Waals surface area contributed by atoms with Gasteiger partial charge in [0.2, 0.25) is 23.6 Å². The van der Waals surface area contributed by atoms with Gasteiger partial charge in [-0.15, -0.1) is 0 Å². The van der Waals surface area contributed by atoms with Crippen LogP contribution in [0, 0.1) is 0 Å². The summed E-state index contributed by atoms with van der Waals surface area (Å²) < 4.78 is 0. The first-order chi connectivity index (χ1) is 9.06. The summed E-state index contributed by atoms with van der Waals surface area (Å²) in [5.41, 5.74) is 0. The molecule has 0 radical (unpaired) electrons. The fraction of sp³-hybridized carbons (Fsp3) is 0.667. The summed E-state index contributed by atoms with van der Waals surface area (Å²) in [4.78, 5) is 47.3. The van der Waals surface area contributed by atoms with Gasteiger partial charge in [-0.2, -0.15) is 0 Å². The molecular weight excluding hydrogens is 250 g/mol. The van der Waals surface area contributed by atoms with E-state index >= 15 is 0 Å². The number of hydrogen-bond acceptors (Lipinski definition) is 4. The first-order valence-electron chi connectivity index (χ1n) is 6.47. The maximum absolute atomic E-state index is 11.8. The average molecular weight is 267 g/mol. The molecule has 0 aromatic heterocycles. The summed E-state index contributed by atoms with van der Waals surface area (Å²) in [5.74, 6) is -1.18. The number of piperidine rings is 2. The summed E-state index contributed by atoms with van der Waals surface area (Å²) >= 11 is 0. The van der Waals surface area contributed by atoms with Crippen LogP contribution in [0.4, 0.5) is 0 Å². The zero-order valence-electron chi connectivity index (χ0n) is 10.6. The Morgan fingerprint density at radius 3 is 2.74 bits per heavy atom. The molecule has 2 aliphatic rings. The van der Waals surface area contributed by atoms with E-state index in [1.54, 1.807) is 0 Å². The lowest BCUT2D eigenvalue weighted by molar-refractivity contribution is -0.139. The van der Waals surface area contributed by atoms with Crippen molar-refractivity contribution < 1.29 is 19.2 Å². The van der Waals surface area contributed by atoms with Crippen LogP contribution in [0.1, 0.15) is 32.1 Å². The third kappa shape index (κ3) is 3.52. The minimum atomic E-state index is -0.676. The Kier molecular flexibility index (Phi) is 4.13. The van der Waals surface area contributed by atoms with Crippen molar-refractivity contribution >= 4 is 23.6 Å². The molecule has 0 aromatic carbocycles. The van der Waals surface area contributed by atoms with Crippen LogP contribution >= 0.6 is 0 Å². The van der Waals surface area contributed by atoms with Gasteiger partial charge in [0.05, 0.1) is 6.54 Å². The Labute approximate surface area is 110 Å². The molecule has 19 heavy (non-hydrogen) atoms. The quantitative estimate of drug-likeness (QED) is 0.636. The van der Waals surface area contributed by atoms with Crippen molar-refractivity contribution in [1.29, 1.82) is 0 Å². The number of imide groups is 1. The van der Waals surface area contributed by atoms with E-state index in [-0.39, 0.29) is 30.7 Å². The van der Waals surface area contributed by atoms with Crippen LogP contribution in [0.2, 0.25) is 0 Å². The number of carbonyl (C=O) groups is 4. The van der Waals surface area contributed by atoms with Gasteiger partial charge in [0, 0.05) is 19.4 Å². The smallest absolute Gasteiger partial charge is 0.249 e. The summed E-state index contributed by atoms with van der Waals surface area (Å²) in [7, 11) is 0. The van der Waals surface area contributed by atoms with Crippen molar-refractivity contribution in [2.24, 2.45) is 0 Å². The van der Waals surface area contributed by atoms with Crippen LogP contribution in [0.25, 0.3) is 0 Å². The molecule has 1 atom stereocenters. The van der Waals surface area contributed by atoms with Crippen molar-refractivity contribution in [2.45, 2.75) is 38.1 Å². The van der Waals surface area contributed by atoms with Crippen molar-refractivity contribution in [3.8, 4) is 0 Å². The molecular formula is C12H17N3O4. The highest BCUT2D eigenvalue weighted by molar-refractivity contribution is 6.01. The van der Waals surface area contributed by atoms with Crippen LogP contribution in [-0.2, 0) is 19.2 Å². The highest BCUT2D eigenvalue weighted by Crippen LogP contribution is 2.10. The normalized spacial score (nSPS) is 24.1. The Balaban J connectivity index is 1.82. The fourth-order valence-corrected chi connectivity index (χ4v) is 2.27. The highest BCUT2D eigenvalue weighted by atomic mass is 16.2. The maximum Gasteiger partial charge on any atom is 0.249 e. The van der Waals surface area contributed by atoms with Gasteiger partial charge in [-0.05, 0) is 19.3 Å². The largest absolute Gasteiger partial charge is 0.343 e. The molecule has 2 fully saturated rings. The zero-order valence-corrected chi connectivity index (χ0v) is 10.6. The van der Waals surface area contributed by atoms with Crippen LogP contribution in [0.5, 0.6) is 0 Å². The molecule has 2 saturated heterocycles. The second-order valence-corrected chi connectivity index (χ2v) is 4.84. The minimum Gasteiger partial charge on any atom is -0.343 e. The second-order valence-electron chi connectivity index (χ2n) is 4.84. The highest BCUT2D eigenvalue weighted by Gasteiger charge is 2.29. The number of carbonyl (C=O) groups excluding carboxylic acids is 4. The molecule has 7 heteroatoms.